The Morgan fingerprint density at radius 3 is 2.04 bits per heavy atom. The van der Waals surface area contributed by atoms with Gasteiger partial charge in [-0.15, -0.1) is 0 Å². The number of benzene rings is 1. The van der Waals surface area contributed by atoms with Crippen LogP contribution in [-0.2, 0) is 14.8 Å². The number of sulfonamides is 1. The third-order valence-electron chi connectivity index (χ3n) is 4.09. The summed E-state index contributed by atoms with van der Waals surface area (Å²) < 4.78 is 25.8. The molecule has 0 spiro atoms. The number of carbonyl (C=O) groups is 1. The van der Waals surface area contributed by atoms with Gasteiger partial charge in [0.2, 0.25) is 15.9 Å². The van der Waals surface area contributed by atoms with Crippen molar-refractivity contribution in [3.63, 3.8) is 0 Å². The van der Waals surface area contributed by atoms with Crippen LogP contribution in [0, 0.1) is 18.8 Å². The number of carbonyl (C=O) groups excluding carboxylic acids is 1. The summed E-state index contributed by atoms with van der Waals surface area (Å²) in [5, 5.41) is 3.01. The molecule has 24 heavy (non-hydrogen) atoms. The highest BCUT2D eigenvalue weighted by Crippen LogP contribution is 2.22. The fraction of sp³-hybridized carbons (Fsp3) is 0.611. The second kappa shape index (κ2) is 8.01. The van der Waals surface area contributed by atoms with Gasteiger partial charge in [-0.3, -0.25) is 9.10 Å². The molecule has 1 amide bonds. The molecule has 136 valence electrons. The molecule has 0 aromatic heterocycles. The first-order valence-electron chi connectivity index (χ1n) is 8.31. The van der Waals surface area contributed by atoms with Crippen molar-refractivity contribution in [2.45, 2.75) is 53.6 Å². The maximum absolute atomic E-state index is 12.7. The lowest BCUT2D eigenvalue weighted by Gasteiger charge is -2.32. The predicted octanol–water partition coefficient (Wildman–Crippen LogP) is 2.95. The SMILES string of the molecule is Cc1cccc(N([C@@H](C)C(=O)NC(C(C)C)C(C)C)S(C)(=O)=O)c1. The lowest BCUT2D eigenvalue weighted by atomic mass is 9.93. The molecule has 0 bridgehead atoms. The van der Waals surface area contributed by atoms with E-state index in [1.54, 1.807) is 25.1 Å². The summed E-state index contributed by atoms with van der Waals surface area (Å²) in [6.45, 7) is 11.7. The fourth-order valence-corrected chi connectivity index (χ4v) is 4.13. The summed E-state index contributed by atoms with van der Waals surface area (Å²) in [6, 6.07) is 6.34. The molecule has 0 saturated carbocycles. The van der Waals surface area contributed by atoms with Gasteiger partial charge in [-0.05, 0) is 43.4 Å². The molecule has 0 radical (unpaired) electrons. The third-order valence-corrected chi connectivity index (χ3v) is 5.33. The Hall–Kier alpha value is -1.56. The summed E-state index contributed by atoms with van der Waals surface area (Å²) in [4.78, 5) is 12.7. The first-order chi connectivity index (χ1) is 10.9. The Kier molecular flexibility index (Phi) is 6.84. The van der Waals surface area contributed by atoms with Crippen LogP contribution < -0.4 is 9.62 Å². The van der Waals surface area contributed by atoms with Crippen molar-refractivity contribution < 1.29 is 13.2 Å². The minimum atomic E-state index is -3.58. The van der Waals surface area contributed by atoms with Gasteiger partial charge in [-0.25, -0.2) is 8.42 Å². The van der Waals surface area contributed by atoms with E-state index in [2.05, 4.69) is 5.32 Å². The molecule has 0 heterocycles. The van der Waals surface area contributed by atoms with Crippen LogP contribution in [0.5, 0.6) is 0 Å². The lowest BCUT2D eigenvalue weighted by molar-refractivity contribution is -0.123. The van der Waals surface area contributed by atoms with Crippen LogP contribution >= 0.6 is 0 Å². The van der Waals surface area contributed by atoms with E-state index in [-0.39, 0.29) is 23.8 Å². The van der Waals surface area contributed by atoms with Crippen molar-refractivity contribution in [2.24, 2.45) is 11.8 Å². The number of nitrogens with one attached hydrogen (secondary N) is 1. The molecule has 6 heteroatoms. The van der Waals surface area contributed by atoms with Crippen LogP contribution in [0.3, 0.4) is 0 Å². The first-order valence-corrected chi connectivity index (χ1v) is 10.2. The Bertz CT molecular complexity index is 661. The number of amides is 1. The van der Waals surface area contributed by atoms with E-state index in [1.165, 1.54) is 4.31 Å². The van der Waals surface area contributed by atoms with Gasteiger partial charge in [0, 0.05) is 6.04 Å². The van der Waals surface area contributed by atoms with Crippen molar-refractivity contribution in [3.8, 4) is 0 Å². The second-order valence-electron chi connectivity index (χ2n) is 7.10. The molecule has 1 aromatic rings. The van der Waals surface area contributed by atoms with Crippen molar-refractivity contribution in [2.75, 3.05) is 10.6 Å². The van der Waals surface area contributed by atoms with Crippen LogP contribution in [0.15, 0.2) is 24.3 Å². The summed E-state index contributed by atoms with van der Waals surface area (Å²) in [5.74, 6) is 0.257. The number of nitrogens with zero attached hydrogens (tertiary/aromatic N) is 1. The molecule has 0 unspecified atom stereocenters. The maximum Gasteiger partial charge on any atom is 0.243 e. The molecule has 1 atom stereocenters. The van der Waals surface area contributed by atoms with E-state index in [0.717, 1.165) is 11.8 Å². The van der Waals surface area contributed by atoms with Crippen molar-refractivity contribution >= 4 is 21.6 Å². The molecule has 0 aliphatic rings. The van der Waals surface area contributed by atoms with Gasteiger partial charge in [-0.1, -0.05) is 39.8 Å². The normalized spacial score (nSPS) is 13.4. The van der Waals surface area contributed by atoms with Crippen molar-refractivity contribution in [3.05, 3.63) is 29.8 Å². The van der Waals surface area contributed by atoms with Gasteiger partial charge in [0.05, 0.1) is 11.9 Å². The monoisotopic (exact) mass is 354 g/mol. The highest BCUT2D eigenvalue weighted by atomic mass is 32.2. The van der Waals surface area contributed by atoms with E-state index < -0.39 is 16.1 Å². The Morgan fingerprint density at radius 1 is 1.08 bits per heavy atom. The number of hydrogen-bond acceptors (Lipinski definition) is 3. The third kappa shape index (κ3) is 5.23. The molecule has 0 fully saturated rings. The number of rotatable bonds is 7. The number of hydrogen-bond donors (Lipinski definition) is 1. The zero-order valence-corrected chi connectivity index (χ0v) is 16.5. The molecule has 1 aromatic carbocycles. The first kappa shape index (κ1) is 20.5. The minimum Gasteiger partial charge on any atom is -0.351 e. The van der Waals surface area contributed by atoms with E-state index in [1.807, 2.05) is 40.7 Å². The average molecular weight is 355 g/mol. The van der Waals surface area contributed by atoms with Crippen LogP contribution in [0.2, 0.25) is 0 Å². The summed E-state index contributed by atoms with van der Waals surface area (Å²) in [6.07, 6.45) is 1.13. The second-order valence-corrected chi connectivity index (χ2v) is 8.96. The Labute approximate surface area is 146 Å². The Balaban J connectivity index is 3.14. The molecule has 1 N–H and O–H groups in total. The smallest absolute Gasteiger partial charge is 0.243 e. The predicted molar refractivity (Wildman–Crippen MR) is 99.6 cm³/mol. The van der Waals surface area contributed by atoms with Gasteiger partial charge in [-0.2, -0.15) is 0 Å². The lowest BCUT2D eigenvalue weighted by Crippen LogP contribution is -2.52. The summed E-state index contributed by atoms with van der Waals surface area (Å²) >= 11 is 0. The molecular weight excluding hydrogens is 324 g/mol. The fourth-order valence-electron chi connectivity index (χ4n) is 2.96. The van der Waals surface area contributed by atoms with Gasteiger partial charge in [0.15, 0.2) is 0 Å². The molecule has 0 saturated heterocycles. The molecule has 5 nitrogen and oxygen atoms in total. The van der Waals surface area contributed by atoms with Crippen LogP contribution in [-0.4, -0.2) is 32.7 Å². The minimum absolute atomic E-state index is 0.00105. The number of anilines is 1. The molecular formula is C18H30N2O3S. The maximum atomic E-state index is 12.7. The van der Waals surface area contributed by atoms with Crippen molar-refractivity contribution in [1.82, 2.24) is 5.32 Å². The molecule has 1 rings (SSSR count). The zero-order chi connectivity index (χ0) is 18.7. The largest absolute Gasteiger partial charge is 0.351 e. The van der Waals surface area contributed by atoms with E-state index in [0.29, 0.717) is 5.69 Å². The van der Waals surface area contributed by atoms with Gasteiger partial charge in [0.25, 0.3) is 0 Å². The average Bonchev–Trinajstić information content (AvgIpc) is 2.42. The highest BCUT2D eigenvalue weighted by Gasteiger charge is 2.31. The molecule has 0 aliphatic heterocycles. The highest BCUT2D eigenvalue weighted by molar-refractivity contribution is 7.92. The van der Waals surface area contributed by atoms with Crippen LogP contribution in [0.4, 0.5) is 5.69 Å². The van der Waals surface area contributed by atoms with Crippen LogP contribution in [0.25, 0.3) is 0 Å². The van der Waals surface area contributed by atoms with Gasteiger partial charge < -0.3 is 5.32 Å². The molecule has 0 aliphatic carbocycles. The standard InChI is InChI=1S/C18H30N2O3S/c1-12(2)17(13(3)4)19-18(21)15(6)20(24(7,22)23)16-10-8-9-14(5)11-16/h8-13,15,17H,1-7H3,(H,19,21)/t15-/m0/s1. The van der Waals surface area contributed by atoms with Crippen LogP contribution in [0.1, 0.15) is 40.2 Å². The zero-order valence-electron chi connectivity index (χ0n) is 15.7. The van der Waals surface area contributed by atoms with Crippen molar-refractivity contribution in [1.29, 1.82) is 0 Å². The topological polar surface area (TPSA) is 66.5 Å². The quantitative estimate of drug-likeness (QED) is 0.819. The van der Waals surface area contributed by atoms with E-state index in [4.69, 9.17) is 0 Å². The summed E-state index contributed by atoms with van der Waals surface area (Å²) in [5.41, 5.74) is 1.45. The Morgan fingerprint density at radius 2 is 1.62 bits per heavy atom. The summed E-state index contributed by atoms with van der Waals surface area (Å²) in [7, 11) is -3.58. The van der Waals surface area contributed by atoms with Gasteiger partial charge in [0.1, 0.15) is 6.04 Å². The van der Waals surface area contributed by atoms with E-state index in [9.17, 15) is 13.2 Å². The number of aryl methyl sites for hydroxylation is 1. The van der Waals surface area contributed by atoms with E-state index >= 15 is 0 Å². The van der Waals surface area contributed by atoms with Gasteiger partial charge >= 0.3 is 0 Å².